The van der Waals surface area contributed by atoms with Crippen molar-refractivity contribution in [1.82, 2.24) is 34.3 Å². The summed E-state index contributed by atoms with van der Waals surface area (Å²) in [6.07, 6.45) is 4.30. The van der Waals surface area contributed by atoms with Gasteiger partial charge in [0.25, 0.3) is 0 Å². The van der Waals surface area contributed by atoms with Crippen LogP contribution in [0.5, 0.6) is 0 Å². The van der Waals surface area contributed by atoms with E-state index in [2.05, 4.69) is 56.9 Å². The molecule has 27 heavy (non-hydrogen) atoms. The molecule has 0 unspecified atom stereocenters. The highest BCUT2D eigenvalue weighted by Gasteiger charge is 2.26. The molecule has 0 aliphatic carbocycles. The van der Waals surface area contributed by atoms with Gasteiger partial charge in [-0.2, -0.15) is 5.10 Å². The minimum atomic E-state index is 0.125. The summed E-state index contributed by atoms with van der Waals surface area (Å²) < 4.78 is 4.14. The van der Waals surface area contributed by atoms with Crippen LogP contribution in [0.2, 0.25) is 0 Å². The highest BCUT2D eigenvalue weighted by atomic mass is 16.3. The average Bonchev–Trinajstić information content (AvgIpc) is 3.18. The Morgan fingerprint density at radius 1 is 1.22 bits per heavy atom. The van der Waals surface area contributed by atoms with Gasteiger partial charge in [-0.05, 0) is 53.9 Å². The van der Waals surface area contributed by atoms with E-state index in [0.29, 0.717) is 12.5 Å². The lowest BCUT2D eigenvalue weighted by molar-refractivity contribution is 0.199. The normalized spacial score (nSPS) is 16.5. The number of aliphatic hydroxyl groups is 1. The van der Waals surface area contributed by atoms with Crippen LogP contribution in [0.4, 0.5) is 0 Å². The van der Waals surface area contributed by atoms with Crippen molar-refractivity contribution in [3.8, 4) is 0 Å². The largest absolute Gasteiger partial charge is 0.394 e. The molecule has 1 fully saturated rings. The van der Waals surface area contributed by atoms with Crippen molar-refractivity contribution >= 4 is 0 Å². The van der Waals surface area contributed by atoms with Crippen LogP contribution < -0.4 is 0 Å². The Kier molecular flexibility index (Phi) is 6.62. The zero-order valence-corrected chi connectivity index (χ0v) is 17.1. The molecule has 8 nitrogen and oxygen atoms in total. The number of hydrogen-bond acceptors (Lipinski definition) is 6. The molecule has 0 saturated carbocycles. The molecule has 1 N–H and O–H groups in total. The van der Waals surface area contributed by atoms with E-state index in [1.807, 2.05) is 11.6 Å². The summed E-state index contributed by atoms with van der Waals surface area (Å²) in [5.74, 6) is 2.70. The van der Waals surface area contributed by atoms with E-state index in [-0.39, 0.29) is 6.61 Å². The van der Waals surface area contributed by atoms with Gasteiger partial charge in [0.05, 0.1) is 25.4 Å². The fourth-order valence-electron chi connectivity index (χ4n) is 3.92. The van der Waals surface area contributed by atoms with Crippen molar-refractivity contribution in [1.29, 1.82) is 0 Å². The number of aryl methyl sites for hydroxylation is 1. The molecule has 150 valence electrons. The molecular weight excluding hydrogens is 342 g/mol. The second-order valence-corrected chi connectivity index (χ2v) is 7.73. The fraction of sp³-hybridized carbons (Fsp3) is 0.737. The molecule has 1 aliphatic heterocycles. The number of nitrogens with zero attached hydrogens (tertiary/aromatic N) is 7. The number of aromatic nitrogens is 5. The first-order valence-electron chi connectivity index (χ1n) is 9.94. The van der Waals surface area contributed by atoms with E-state index in [9.17, 15) is 0 Å². The van der Waals surface area contributed by atoms with Crippen LogP contribution in [0.25, 0.3) is 0 Å². The number of piperidine rings is 1. The summed E-state index contributed by atoms with van der Waals surface area (Å²) in [5, 5.41) is 22.6. The smallest absolute Gasteiger partial charge is 0.147 e. The predicted molar refractivity (Wildman–Crippen MR) is 104 cm³/mol. The zero-order valence-electron chi connectivity index (χ0n) is 17.1. The topological polar surface area (TPSA) is 75.2 Å². The minimum absolute atomic E-state index is 0.125. The Balaban J connectivity index is 1.60. The van der Waals surface area contributed by atoms with E-state index in [1.54, 1.807) is 0 Å². The molecule has 3 heterocycles. The molecule has 0 atom stereocenters. The zero-order chi connectivity index (χ0) is 19.4. The van der Waals surface area contributed by atoms with Gasteiger partial charge in [0.2, 0.25) is 0 Å². The van der Waals surface area contributed by atoms with Gasteiger partial charge in [-0.3, -0.25) is 9.58 Å². The lowest BCUT2D eigenvalue weighted by Gasteiger charge is -2.31. The first-order chi connectivity index (χ1) is 13.0. The molecule has 0 spiro atoms. The summed E-state index contributed by atoms with van der Waals surface area (Å²) in [6.45, 7) is 9.72. The molecule has 8 heteroatoms. The number of hydrogen-bond donors (Lipinski definition) is 1. The Hall–Kier alpha value is -1.77. The maximum absolute atomic E-state index is 9.08. The predicted octanol–water partition coefficient (Wildman–Crippen LogP) is 1.24. The minimum Gasteiger partial charge on any atom is -0.394 e. The Morgan fingerprint density at radius 2 is 1.96 bits per heavy atom. The van der Waals surface area contributed by atoms with E-state index >= 15 is 0 Å². The summed E-state index contributed by atoms with van der Waals surface area (Å²) in [7, 11) is 4.13. The average molecular weight is 376 g/mol. The van der Waals surface area contributed by atoms with Gasteiger partial charge in [0.15, 0.2) is 0 Å². The molecular formula is C19H33N7O. The summed E-state index contributed by atoms with van der Waals surface area (Å²) in [6, 6.07) is 0. The van der Waals surface area contributed by atoms with Crippen LogP contribution in [0.15, 0.2) is 6.20 Å². The van der Waals surface area contributed by atoms with Crippen molar-refractivity contribution in [3.05, 3.63) is 29.1 Å². The van der Waals surface area contributed by atoms with Crippen LogP contribution in [0, 0.1) is 6.92 Å². The third-order valence-electron chi connectivity index (χ3n) is 5.35. The van der Waals surface area contributed by atoms with Gasteiger partial charge < -0.3 is 14.6 Å². The monoisotopic (exact) mass is 375 g/mol. The fourth-order valence-corrected chi connectivity index (χ4v) is 3.92. The van der Waals surface area contributed by atoms with Crippen LogP contribution in [0.1, 0.15) is 48.6 Å². The van der Waals surface area contributed by atoms with Crippen molar-refractivity contribution in [2.45, 2.75) is 58.8 Å². The second kappa shape index (κ2) is 8.95. The maximum atomic E-state index is 9.08. The van der Waals surface area contributed by atoms with Crippen LogP contribution in [0.3, 0.4) is 0 Å². The lowest BCUT2D eigenvalue weighted by atomic mass is 9.95. The summed E-state index contributed by atoms with van der Waals surface area (Å²) in [4.78, 5) is 4.64. The van der Waals surface area contributed by atoms with Crippen molar-refractivity contribution in [3.63, 3.8) is 0 Å². The lowest BCUT2D eigenvalue weighted by Crippen LogP contribution is -2.33. The third-order valence-corrected chi connectivity index (χ3v) is 5.35. The SMILES string of the molecule is CCn1c(CN(C)C)nnc1C1CCN(Cc2cn(CCO)nc2C)CC1. The van der Waals surface area contributed by atoms with Crippen LogP contribution in [-0.4, -0.2) is 73.2 Å². The van der Waals surface area contributed by atoms with Crippen LogP contribution in [-0.2, 0) is 26.2 Å². The van der Waals surface area contributed by atoms with Gasteiger partial charge in [-0.25, -0.2) is 0 Å². The van der Waals surface area contributed by atoms with Crippen molar-refractivity contribution < 1.29 is 5.11 Å². The molecule has 1 saturated heterocycles. The molecule has 0 amide bonds. The van der Waals surface area contributed by atoms with Gasteiger partial charge >= 0.3 is 0 Å². The standard InChI is InChI=1S/C19H33N7O/c1-5-26-18(14-23(3)4)20-21-19(26)16-6-8-24(9-7-16)12-17-13-25(10-11-27)22-15(17)2/h13,16,27H,5-12,14H2,1-4H3. The highest BCUT2D eigenvalue weighted by molar-refractivity contribution is 5.15. The molecule has 0 bridgehead atoms. The number of aliphatic hydroxyl groups excluding tert-OH is 1. The molecule has 1 aliphatic rings. The second-order valence-electron chi connectivity index (χ2n) is 7.73. The Morgan fingerprint density at radius 3 is 2.59 bits per heavy atom. The van der Waals surface area contributed by atoms with E-state index in [4.69, 9.17) is 5.11 Å². The van der Waals surface area contributed by atoms with Gasteiger partial charge in [-0.1, -0.05) is 0 Å². The molecule has 2 aromatic heterocycles. The first-order valence-corrected chi connectivity index (χ1v) is 9.94. The van der Waals surface area contributed by atoms with E-state index < -0.39 is 0 Å². The first kappa shape index (κ1) is 20.0. The van der Waals surface area contributed by atoms with Gasteiger partial charge in [0.1, 0.15) is 11.6 Å². The quantitative estimate of drug-likeness (QED) is 0.748. The number of likely N-dealkylation sites (tertiary alicyclic amines) is 1. The van der Waals surface area contributed by atoms with Crippen molar-refractivity contribution in [2.75, 3.05) is 33.8 Å². The Bertz CT molecular complexity index is 728. The van der Waals surface area contributed by atoms with E-state index in [0.717, 1.165) is 62.9 Å². The Labute approximate surface area is 161 Å². The van der Waals surface area contributed by atoms with Crippen molar-refractivity contribution in [2.24, 2.45) is 0 Å². The summed E-state index contributed by atoms with van der Waals surface area (Å²) in [5.41, 5.74) is 2.32. The maximum Gasteiger partial charge on any atom is 0.147 e. The molecule has 2 aromatic rings. The molecule has 0 aromatic carbocycles. The van der Waals surface area contributed by atoms with Crippen LogP contribution >= 0.6 is 0 Å². The molecule has 3 rings (SSSR count). The summed E-state index contributed by atoms with van der Waals surface area (Å²) >= 11 is 0. The highest BCUT2D eigenvalue weighted by Crippen LogP contribution is 2.28. The third kappa shape index (κ3) is 4.75. The van der Waals surface area contributed by atoms with Gasteiger partial charge in [-0.15, -0.1) is 10.2 Å². The number of rotatable bonds is 8. The van der Waals surface area contributed by atoms with E-state index in [1.165, 1.54) is 5.56 Å². The van der Waals surface area contributed by atoms with Gasteiger partial charge in [0, 0.05) is 30.8 Å². The molecule has 0 radical (unpaired) electrons.